The summed E-state index contributed by atoms with van der Waals surface area (Å²) in [7, 11) is 0. The van der Waals surface area contributed by atoms with Crippen molar-refractivity contribution in [2.24, 2.45) is 0 Å². The Labute approximate surface area is 121 Å². The number of aliphatic hydroxyl groups is 1. The third kappa shape index (κ3) is 5.90. The molecule has 20 heavy (non-hydrogen) atoms. The number of hydrogen-bond acceptors (Lipinski definition) is 4. The first-order chi connectivity index (χ1) is 9.19. The fourth-order valence-corrected chi connectivity index (χ4v) is 1.71. The summed E-state index contributed by atoms with van der Waals surface area (Å²) in [6.07, 6.45) is -0.502. The minimum atomic E-state index is -0.604. The highest BCUT2D eigenvalue weighted by Crippen LogP contribution is 2.23. The molecule has 0 heterocycles. The zero-order chi connectivity index (χ0) is 15.3. The molecule has 0 amide bonds. The zero-order valence-electron chi connectivity index (χ0n) is 13.1. The third-order valence-corrected chi connectivity index (χ3v) is 2.89. The van der Waals surface area contributed by atoms with Gasteiger partial charge in [0.2, 0.25) is 0 Å². The molecule has 0 aromatic heterocycles. The van der Waals surface area contributed by atoms with Crippen LogP contribution in [0.1, 0.15) is 51.8 Å². The van der Waals surface area contributed by atoms with Gasteiger partial charge in [-0.25, -0.2) is 0 Å². The van der Waals surface area contributed by atoms with E-state index < -0.39 is 6.10 Å². The van der Waals surface area contributed by atoms with Crippen LogP contribution in [0.5, 0.6) is 5.75 Å². The number of phenolic OH excluding ortho intramolecular Hbond substituents is 1. The van der Waals surface area contributed by atoms with E-state index in [4.69, 9.17) is 4.74 Å². The van der Waals surface area contributed by atoms with E-state index in [2.05, 4.69) is 26.1 Å². The molecule has 1 aromatic rings. The van der Waals surface area contributed by atoms with Gasteiger partial charge in [0, 0.05) is 17.6 Å². The molecule has 114 valence electrons. The van der Waals surface area contributed by atoms with Gasteiger partial charge in [-0.1, -0.05) is 6.07 Å². The van der Waals surface area contributed by atoms with Crippen LogP contribution in [-0.2, 0) is 11.3 Å². The van der Waals surface area contributed by atoms with Crippen LogP contribution in [0, 0.1) is 0 Å². The topological polar surface area (TPSA) is 61.7 Å². The average Bonchev–Trinajstić information content (AvgIpc) is 2.34. The van der Waals surface area contributed by atoms with Gasteiger partial charge >= 0.3 is 0 Å². The Morgan fingerprint density at radius 1 is 1.25 bits per heavy atom. The molecule has 0 saturated heterocycles. The first-order valence-electron chi connectivity index (χ1n) is 7.05. The average molecular weight is 281 g/mol. The molecule has 0 bridgehead atoms. The lowest BCUT2D eigenvalue weighted by molar-refractivity contribution is 0.0643. The predicted octanol–water partition coefficient (Wildman–Crippen LogP) is 2.74. The van der Waals surface area contributed by atoms with E-state index in [1.165, 1.54) is 0 Å². The van der Waals surface area contributed by atoms with Gasteiger partial charge < -0.3 is 20.3 Å². The van der Waals surface area contributed by atoms with Crippen LogP contribution in [-0.4, -0.2) is 28.4 Å². The summed E-state index contributed by atoms with van der Waals surface area (Å²) in [5.41, 5.74) is 1.44. The molecule has 4 nitrogen and oxygen atoms in total. The molecule has 0 aliphatic heterocycles. The highest BCUT2D eigenvalue weighted by molar-refractivity contribution is 5.36. The quantitative estimate of drug-likeness (QED) is 0.750. The molecule has 0 aliphatic carbocycles. The second-order valence-corrected chi connectivity index (χ2v) is 6.39. The van der Waals surface area contributed by atoms with E-state index in [-0.39, 0.29) is 17.4 Å². The Hall–Kier alpha value is -1.10. The number of phenols is 1. The number of nitrogens with one attached hydrogen (secondary N) is 1. The summed E-state index contributed by atoms with van der Waals surface area (Å²) in [5.74, 6) is 0.199. The third-order valence-electron chi connectivity index (χ3n) is 2.89. The monoisotopic (exact) mass is 281 g/mol. The van der Waals surface area contributed by atoms with Gasteiger partial charge in [0.15, 0.2) is 0 Å². The lowest BCUT2D eigenvalue weighted by Crippen LogP contribution is -2.38. The number of aliphatic hydroxyl groups excluding tert-OH is 1. The maximum absolute atomic E-state index is 10.2. The second-order valence-electron chi connectivity index (χ2n) is 6.39. The summed E-state index contributed by atoms with van der Waals surface area (Å²) in [6.45, 7) is 10.9. The van der Waals surface area contributed by atoms with Gasteiger partial charge in [-0.15, -0.1) is 0 Å². The Kier molecular flexibility index (Phi) is 5.99. The Balaban J connectivity index is 2.73. The van der Waals surface area contributed by atoms with Crippen LogP contribution in [0.25, 0.3) is 0 Å². The van der Waals surface area contributed by atoms with Crippen LogP contribution in [0.4, 0.5) is 0 Å². The molecule has 0 saturated carbocycles. The first kappa shape index (κ1) is 17.0. The van der Waals surface area contributed by atoms with Gasteiger partial charge in [0.1, 0.15) is 5.75 Å². The maximum Gasteiger partial charge on any atom is 0.121 e. The van der Waals surface area contributed by atoms with E-state index in [1.807, 2.05) is 13.8 Å². The normalized spacial score (nSPS) is 13.8. The number of benzene rings is 1. The van der Waals surface area contributed by atoms with Crippen molar-refractivity contribution in [2.75, 3.05) is 6.54 Å². The van der Waals surface area contributed by atoms with Crippen LogP contribution in [0.3, 0.4) is 0 Å². The van der Waals surface area contributed by atoms with Gasteiger partial charge in [-0.2, -0.15) is 0 Å². The molecule has 0 fully saturated rings. The molecular weight excluding hydrogens is 254 g/mol. The fraction of sp³-hybridized carbons (Fsp3) is 0.625. The number of β-amino-alcohol motifs (C(OH)–C–C–N with tert-alkyl or cyclic N) is 1. The molecule has 1 aromatic carbocycles. The number of rotatable bonds is 6. The van der Waals surface area contributed by atoms with Gasteiger partial charge in [0.05, 0.1) is 18.8 Å². The molecule has 0 radical (unpaired) electrons. The smallest absolute Gasteiger partial charge is 0.121 e. The minimum absolute atomic E-state index is 0.0402. The van der Waals surface area contributed by atoms with Crippen molar-refractivity contribution < 1.29 is 14.9 Å². The summed E-state index contributed by atoms with van der Waals surface area (Å²) >= 11 is 0. The Morgan fingerprint density at radius 3 is 2.45 bits per heavy atom. The van der Waals surface area contributed by atoms with E-state index in [0.29, 0.717) is 18.7 Å². The second kappa shape index (κ2) is 7.07. The number of hydrogen-bond donors (Lipinski definition) is 3. The van der Waals surface area contributed by atoms with Crippen LogP contribution in [0.15, 0.2) is 18.2 Å². The van der Waals surface area contributed by atoms with Crippen molar-refractivity contribution in [3.05, 3.63) is 29.3 Å². The van der Waals surface area contributed by atoms with Crippen molar-refractivity contribution in [1.82, 2.24) is 5.32 Å². The summed E-state index contributed by atoms with van der Waals surface area (Å²) in [5, 5.41) is 23.3. The van der Waals surface area contributed by atoms with Gasteiger partial charge in [-0.3, -0.25) is 0 Å². The maximum atomic E-state index is 10.2. The van der Waals surface area contributed by atoms with E-state index in [1.54, 1.807) is 18.2 Å². The first-order valence-corrected chi connectivity index (χ1v) is 7.05. The number of aromatic hydroxyl groups is 1. The Morgan fingerprint density at radius 2 is 1.90 bits per heavy atom. The summed E-state index contributed by atoms with van der Waals surface area (Å²) in [4.78, 5) is 0. The van der Waals surface area contributed by atoms with E-state index in [0.717, 1.165) is 5.56 Å². The molecule has 3 N–H and O–H groups in total. The van der Waals surface area contributed by atoms with Crippen molar-refractivity contribution >= 4 is 0 Å². The fourth-order valence-electron chi connectivity index (χ4n) is 1.71. The van der Waals surface area contributed by atoms with Gasteiger partial charge in [-0.05, 0) is 52.3 Å². The van der Waals surface area contributed by atoms with E-state index >= 15 is 0 Å². The van der Waals surface area contributed by atoms with Crippen LogP contribution in [0.2, 0.25) is 0 Å². The minimum Gasteiger partial charge on any atom is -0.508 e. The predicted molar refractivity (Wildman–Crippen MR) is 80.7 cm³/mol. The number of ether oxygens (including phenoxy) is 1. The van der Waals surface area contributed by atoms with Crippen molar-refractivity contribution in [3.63, 3.8) is 0 Å². The lowest BCUT2D eigenvalue weighted by atomic mass is 10.0. The largest absolute Gasteiger partial charge is 0.508 e. The van der Waals surface area contributed by atoms with Crippen molar-refractivity contribution in [3.8, 4) is 5.75 Å². The molecule has 1 unspecified atom stereocenters. The SMILES string of the molecule is CC(C)OCc1cc(C(O)CNC(C)(C)C)ccc1O. The highest BCUT2D eigenvalue weighted by Gasteiger charge is 2.15. The molecule has 1 atom stereocenters. The van der Waals surface area contributed by atoms with E-state index in [9.17, 15) is 10.2 Å². The molecule has 4 heteroatoms. The molecule has 0 aliphatic rings. The summed E-state index contributed by atoms with van der Waals surface area (Å²) in [6, 6.07) is 5.14. The van der Waals surface area contributed by atoms with Crippen molar-refractivity contribution in [2.45, 2.75) is 59.0 Å². The molecule has 0 spiro atoms. The van der Waals surface area contributed by atoms with Crippen LogP contribution < -0.4 is 5.32 Å². The Bertz CT molecular complexity index is 424. The lowest BCUT2D eigenvalue weighted by Gasteiger charge is -2.23. The van der Waals surface area contributed by atoms with Gasteiger partial charge in [0.25, 0.3) is 0 Å². The van der Waals surface area contributed by atoms with Crippen LogP contribution >= 0.6 is 0 Å². The summed E-state index contributed by atoms with van der Waals surface area (Å²) < 4.78 is 5.50. The van der Waals surface area contributed by atoms with Crippen molar-refractivity contribution in [1.29, 1.82) is 0 Å². The molecular formula is C16H27NO3. The zero-order valence-corrected chi connectivity index (χ0v) is 13.1. The molecule has 1 rings (SSSR count). The highest BCUT2D eigenvalue weighted by atomic mass is 16.5. The standard InChI is InChI=1S/C16H27NO3/c1-11(2)20-10-13-8-12(6-7-14(13)18)15(19)9-17-16(3,4)5/h6-8,11,15,17-19H,9-10H2,1-5H3.